The minimum absolute atomic E-state index is 0.401. The molecule has 2 atom stereocenters. The fraction of sp³-hybridized carbons (Fsp3) is 0.786. The molecule has 1 aliphatic heterocycles. The minimum Gasteiger partial charge on any atom is -0.305 e. The first-order valence-electron chi connectivity index (χ1n) is 7.10. The van der Waals surface area contributed by atoms with E-state index in [1.54, 1.807) is 11.3 Å². The fourth-order valence-electron chi connectivity index (χ4n) is 2.85. The molecule has 0 spiro atoms. The van der Waals surface area contributed by atoms with Crippen LogP contribution in [0.15, 0.2) is 5.38 Å². The number of alkyl halides is 1. The zero-order chi connectivity index (χ0) is 13.8. The molecule has 1 aliphatic rings. The predicted molar refractivity (Wildman–Crippen MR) is 83.0 cm³/mol. The number of thiazole rings is 1. The van der Waals surface area contributed by atoms with Crippen LogP contribution in [0.25, 0.3) is 0 Å². The maximum absolute atomic E-state index is 5.86. The standard InChI is InChI=1S/C14H24ClN3S/c1-4-13-9-17(3)6-5-7-18(13)11(2)14-16-12(8-15)10-19-14/h10-11,13H,4-9H2,1-3H3. The number of hydrogen-bond acceptors (Lipinski definition) is 4. The maximum Gasteiger partial charge on any atom is 0.110 e. The van der Waals surface area contributed by atoms with Crippen molar-refractivity contribution in [3.8, 4) is 0 Å². The van der Waals surface area contributed by atoms with Crippen molar-refractivity contribution in [3.05, 3.63) is 16.1 Å². The van der Waals surface area contributed by atoms with E-state index in [9.17, 15) is 0 Å². The number of rotatable bonds is 4. The molecule has 1 aromatic heterocycles. The van der Waals surface area contributed by atoms with Crippen molar-refractivity contribution in [1.82, 2.24) is 14.8 Å². The molecule has 0 radical (unpaired) electrons. The Balaban J connectivity index is 2.12. The van der Waals surface area contributed by atoms with Gasteiger partial charge in [-0.05, 0) is 33.4 Å². The van der Waals surface area contributed by atoms with Crippen molar-refractivity contribution >= 4 is 22.9 Å². The molecule has 3 nitrogen and oxygen atoms in total. The van der Waals surface area contributed by atoms with Gasteiger partial charge in [0, 0.05) is 24.5 Å². The summed E-state index contributed by atoms with van der Waals surface area (Å²) in [5.74, 6) is 0.517. The highest BCUT2D eigenvalue weighted by atomic mass is 35.5. The lowest BCUT2D eigenvalue weighted by molar-refractivity contribution is 0.137. The molecule has 19 heavy (non-hydrogen) atoms. The van der Waals surface area contributed by atoms with Gasteiger partial charge in [-0.15, -0.1) is 22.9 Å². The van der Waals surface area contributed by atoms with E-state index in [0.29, 0.717) is 18.0 Å². The van der Waals surface area contributed by atoms with E-state index in [4.69, 9.17) is 11.6 Å². The number of nitrogens with zero attached hydrogens (tertiary/aromatic N) is 3. The molecule has 0 aliphatic carbocycles. The third-order valence-corrected chi connectivity index (χ3v) is 5.32. The van der Waals surface area contributed by atoms with Gasteiger partial charge in [0.05, 0.1) is 17.6 Å². The Hall–Kier alpha value is -0.160. The van der Waals surface area contributed by atoms with Crippen molar-refractivity contribution in [1.29, 1.82) is 0 Å². The van der Waals surface area contributed by atoms with Gasteiger partial charge < -0.3 is 4.90 Å². The smallest absolute Gasteiger partial charge is 0.110 e. The van der Waals surface area contributed by atoms with Crippen LogP contribution in [0.5, 0.6) is 0 Å². The molecule has 1 fully saturated rings. The summed E-state index contributed by atoms with van der Waals surface area (Å²) in [6.07, 6.45) is 2.44. The average Bonchev–Trinajstić information content (AvgIpc) is 2.81. The van der Waals surface area contributed by atoms with Crippen LogP contribution in [0.3, 0.4) is 0 Å². The summed E-state index contributed by atoms with van der Waals surface area (Å²) >= 11 is 7.60. The first-order chi connectivity index (χ1) is 9.15. The first-order valence-corrected chi connectivity index (χ1v) is 8.51. The lowest BCUT2D eigenvalue weighted by Crippen LogP contribution is -2.41. The van der Waals surface area contributed by atoms with Gasteiger partial charge in [-0.2, -0.15) is 0 Å². The number of aromatic nitrogens is 1. The van der Waals surface area contributed by atoms with Crippen LogP contribution in [0.4, 0.5) is 0 Å². The van der Waals surface area contributed by atoms with Crippen molar-refractivity contribution in [2.75, 3.05) is 26.7 Å². The van der Waals surface area contributed by atoms with Crippen molar-refractivity contribution in [2.24, 2.45) is 0 Å². The summed E-state index contributed by atoms with van der Waals surface area (Å²) in [5.41, 5.74) is 1.01. The molecular weight excluding hydrogens is 278 g/mol. The van der Waals surface area contributed by atoms with Gasteiger partial charge in [0.25, 0.3) is 0 Å². The molecule has 2 unspecified atom stereocenters. The maximum atomic E-state index is 5.86. The van der Waals surface area contributed by atoms with E-state index in [1.165, 1.54) is 30.9 Å². The number of hydrogen-bond donors (Lipinski definition) is 0. The lowest BCUT2D eigenvalue weighted by Gasteiger charge is -2.34. The number of halogens is 1. The van der Waals surface area contributed by atoms with Crippen LogP contribution in [-0.2, 0) is 5.88 Å². The van der Waals surface area contributed by atoms with Crippen LogP contribution in [-0.4, -0.2) is 47.5 Å². The second kappa shape index (κ2) is 7.02. The van der Waals surface area contributed by atoms with E-state index >= 15 is 0 Å². The highest BCUT2D eigenvalue weighted by molar-refractivity contribution is 7.09. The first kappa shape index (κ1) is 15.2. The van der Waals surface area contributed by atoms with Crippen molar-refractivity contribution in [2.45, 2.75) is 44.7 Å². The van der Waals surface area contributed by atoms with Gasteiger partial charge in [-0.1, -0.05) is 6.92 Å². The van der Waals surface area contributed by atoms with Crippen molar-refractivity contribution in [3.63, 3.8) is 0 Å². The molecule has 0 saturated carbocycles. The molecule has 2 rings (SSSR count). The van der Waals surface area contributed by atoms with Gasteiger partial charge in [-0.3, -0.25) is 4.90 Å². The normalized spacial score (nSPS) is 24.3. The highest BCUT2D eigenvalue weighted by Crippen LogP contribution is 2.28. The van der Waals surface area contributed by atoms with Crippen molar-refractivity contribution < 1.29 is 0 Å². The topological polar surface area (TPSA) is 19.4 Å². The van der Waals surface area contributed by atoms with E-state index in [2.05, 4.69) is 41.1 Å². The molecule has 5 heteroatoms. The summed E-state index contributed by atoms with van der Waals surface area (Å²) < 4.78 is 0. The van der Waals surface area contributed by atoms with Gasteiger partial charge in [0.1, 0.15) is 5.01 Å². The van der Waals surface area contributed by atoms with Gasteiger partial charge in [-0.25, -0.2) is 4.98 Å². The molecular formula is C14H24ClN3S. The Kier molecular flexibility index (Phi) is 5.63. The van der Waals surface area contributed by atoms with E-state index in [0.717, 1.165) is 12.2 Å². The molecule has 0 bridgehead atoms. The Morgan fingerprint density at radius 1 is 1.53 bits per heavy atom. The van der Waals surface area contributed by atoms with Crippen LogP contribution >= 0.6 is 22.9 Å². The summed E-state index contributed by atoms with van der Waals surface area (Å²) in [4.78, 5) is 9.73. The monoisotopic (exact) mass is 301 g/mol. The Labute approximate surface area is 125 Å². The summed E-state index contributed by atoms with van der Waals surface area (Å²) in [7, 11) is 2.23. The second-order valence-corrected chi connectivity index (χ2v) is 6.56. The Morgan fingerprint density at radius 2 is 2.32 bits per heavy atom. The number of likely N-dealkylation sites (N-methyl/N-ethyl adjacent to an activating group) is 1. The largest absolute Gasteiger partial charge is 0.305 e. The summed E-state index contributed by atoms with van der Waals surface area (Å²) in [6.45, 7) is 8.10. The SMILES string of the molecule is CCC1CN(C)CCCN1C(C)c1nc(CCl)cs1. The minimum atomic E-state index is 0.401. The highest BCUT2D eigenvalue weighted by Gasteiger charge is 2.28. The molecule has 1 saturated heterocycles. The lowest BCUT2D eigenvalue weighted by atomic mass is 10.1. The van der Waals surface area contributed by atoms with Crippen LogP contribution < -0.4 is 0 Å². The molecule has 1 aromatic rings. The molecule has 0 N–H and O–H groups in total. The molecule has 2 heterocycles. The Morgan fingerprint density at radius 3 is 2.95 bits per heavy atom. The van der Waals surface area contributed by atoms with Crippen LogP contribution in [0.1, 0.15) is 43.4 Å². The zero-order valence-electron chi connectivity index (χ0n) is 12.1. The van der Waals surface area contributed by atoms with Gasteiger partial charge in [0.15, 0.2) is 0 Å². The fourth-order valence-corrected chi connectivity index (χ4v) is 3.98. The summed E-state index contributed by atoms with van der Waals surface area (Å²) in [6, 6.07) is 1.03. The van der Waals surface area contributed by atoms with Crippen LogP contribution in [0.2, 0.25) is 0 Å². The van der Waals surface area contributed by atoms with Gasteiger partial charge in [0.2, 0.25) is 0 Å². The Bertz CT molecular complexity index is 396. The van der Waals surface area contributed by atoms with E-state index in [-0.39, 0.29) is 0 Å². The average molecular weight is 302 g/mol. The molecule has 108 valence electrons. The van der Waals surface area contributed by atoms with E-state index in [1.807, 2.05) is 0 Å². The van der Waals surface area contributed by atoms with Crippen LogP contribution in [0, 0.1) is 0 Å². The second-order valence-electron chi connectivity index (χ2n) is 5.40. The molecule has 0 aromatic carbocycles. The molecule has 0 amide bonds. The third-order valence-electron chi connectivity index (χ3n) is 3.98. The third kappa shape index (κ3) is 3.69. The quantitative estimate of drug-likeness (QED) is 0.795. The van der Waals surface area contributed by atoms with E-state index < -0.39 is 0 Å². The zero-order valence-corrected chi connectivity index (χ0v) is 13.7. The summed E-state index contributed by atoms with van der Waals surface area (Å²) in [5, 5.41) is 3.29. The predicted octanol–water partition coefficient (Wildman–Crippen LogP) is 3.36. The van der Waals surface area contributed by atoms with Gasteiger partial charge >= 0.3 is 0 Å².